The summed E-state index contributed by atoms with van der Waals surface area (Å²) in [5.74, 6) is 1.80. The first-order chi connectivity index (χ1) is 16.1. The number of fused-ring (bicyclic) bond motifs is 2. The van der Waals surface area contributed by atoms with Gasteiger partial charge in [0.25, 0.3) is 5.91 Å². The summed E-state index contributed by atoms with van der Waals surface area (Å²) in [6.45, 7) is 2.04. The van der Waals surface area contributed by atoms with Gasteiger partial charge in [-0.1, -0.05) is 48.0 Å². The maximum Gasteiger partial charge on any atom is 0.254 e. The molecule has 0 spiro atoms. The molecule has 5 rings (SSSR count). The molecular formula is C28H28ClNO2S. The lowest BCUT2D eigenvalue weighted by Crippen LogP contribution is -2.49. The lowest BCUT2D eigenvalue weighted by Gasteiger charge is -2.39. The number of carbonyl (C=O) groups is 1. The number of thioether (sulfide) groups is 1. The van der Waals surface area contributed by atoms with Crippen molar-refractivity contribution in [2.45, 2.75) is 61.4 Å². The normalized spacial score (nSPS) is 21.8. The second-order valence-corrected chi connectivity index (χ2v) is 10.5. The number of hydrogen-bond donors (Lipinski definition) is 0. The molecule has 33 heavy (non-hydrogen) atoms. The van der Waals surface area contributed by atoms with E-state index in [1.165, 1.54) is 10.5 Å². The predicted molar refractivity (Wildman–Crippen MR) is 135 cm³/mol. The van der Waals surface area contributed by atoms with Crippen LogP contribution in [0.3, 0.4) is 0 Å². The predicted octanol–water partition coefficient (Wildman–Crippen LogP) is 7.16. The van der Waals surface area contributed by atoms with Crippen LogP contribution in [0.5, 0.6) is 5.75 Å². The van der Waals surface area contributed by atoms with Crippen molar-refractivity contribution in [1.29, 1.82) is 0 Å². The fraction of sp³-hybridized carbons (Fsp3) is 0.321. The Morgan fingerprint density at radius 2 is 1.70 bits per heavy atom. The Labute approximate surface area is 205 Å². The Morgan fingerprint density at radius 1 is 1.00 bits per heavy atom. The molecule has 3 aromatic carbocycles. The first-order valence-electron chi connectivity index (χ1n) is 11.6. The highest BCUT2D eigenvalue weighted by atomic mass is 35.5. The first-order valence-corrected chi connectivity index (χ1v) is 13.0. The van der Waals surface area contributed by atoms with Crippen molar-refractivity contribution in [3.63, 3.8) is 0 Å². The highest BCUT2D eigenvalue weighted by Gasteiger charge is 2.44. The minimum absolute atomic E-state index is 0.100. The maximum absolute atomic E-state index is 13.4. The Morgan fingerprint density at radius 3 is 2.39 bits per heavy atom. The van der Waals surface area contributed by atoms with E-state index in [0.717, 1.165) is 48.3 Å². The minimum atomic E-state index is 0.100. The van der Waals surface area contributed by atoms with Gasteiger partial charge in [0.2, 0.25) is 0 Å². The number of hydrogen-bond acceptors (Lipinski definition) is 3. The molecular weight excluding hydrogens is 450 g/mol. The van der Waals surface area contributed by atoms with Crippen molar-refractivity contribution in [3.8, 4) is 5.75 Å². The highest BCUT2D eigenvalue weighted by Crippen LogP contribution is 2.39. The number of halogens is 1. The topological polar surface area (TPSA) is 29.5 Å². The van der Waals surface area contributed by atoms with Gasteiger partial charge in [-0.2, -0.15) is 0 Å². The third-order valence-corrected chi connectivity index (χ3v) is 8.05. The second-order valence-electron chi connectivity index (χ2n) is 9.04. The molecule has 1 unspecified atom stereocenters. The van der Waals surface area contributed by atoms with E-state index in [1.54, 1.807) is 0 Å². The van der Waals surface area contributed by atoms with Gasteiger partial charge in [-0.15, -0.1) is 11.8 Å². The van der Waals surface area contributed by atoms with Crippen molar-refractivity contribution in [1.82, 2.24) is 4.90 Å². The van der Waals surface area contributed by atoms with Crippen molar-refractivity contribution in [2.24, 2.45) is 0 Å². The molecule has 0 saturated carbocycles. The quantitative estimate of drug-likeness (QED) is 0.353. The highest BCUT2D eigenvalue weighted by molar-refractivity contribution is 7.98. The van der Waals surface area contributed by atoms with Crippen LogP contribution in [-0.2, 0) is 5.75 Å². The van der Waals surface area contributed by atoms with E-state index >= 15 is 0 Å². The summed E-state index contributed by atoms with van der Waals surface area (Å²) < 4.78 is 6.29. The average molecular weight is 478 g/mol. The number of piperidine rings is 1. The molecule has 0 aromatic heterocycles. The zero-order valence-electron chi connectivity index (χ0n) is 18.7. The number of carbonyl (C=O) groups excluding carboxylic acids is 1. The van der Waals surface area contributed by atoms with Gasteiger partial charge in [0.15, 0.2) is 0 Å². The van der Waals surface area contributed by atoms with Crippen LogP contribution in [0.2, 0.25) is 5.02 Å². The number of rotatable bonds is 6. The molecule has 5 heteroatoms. The lowest BCUT2D eigenvalue weighted by atomic mass is 9.98. The summed E-state index contributed by atoms with van der Waals surface area (Å²) in [4.78, 5) is 16.7. The third kappa shape index (κ3) is 5.07. The van der Waals surface area contributed by atoms with Gasteiger partial charge in [-0.25, -0.2) is 0 Å². The number of nitrogens with zero attached hydrogens (tertiary/aromatic N) is 1. The van der Waals surface area contributed by atoms with Crippen molar-refractivity contribution in [3.05, 3.63) is 94.5 Å². The van der Waals surface area contributed by atoms with Crippen LogP contribution < -0.4 is 4.74 Å². The van der Waals surface area contributed by atoms with Gasteiger partial charge in [0.05, 0.1) is 5.02 Å². The summed E-state index contributed by atoms with van der Waals surface area (Å²) in [5, 5.41) is 0.650. The van der Waals surface area contributed by atoms with Crippen LogP contribution in [0.4, 0.5) is 0 Å². The molecule has 2 aliphatic rings. The Kier molecular flexibility index (Phi) is 6.66. The van der Waals surface area contributed by atoms with Gasteiger partial charge < -0.3 is 9.64 Å². The second kappa shape index (κ2) is 9.82. The van der Waals surface area contributed by atoms with E-state index in [1.807, 2.05) is 55.1 Å². The molecule has 0 radical (unpaired) electrons. The van der Waals surface area contributed by atoms with E-state index in [0.29, 0.717) is 5.02 Å². The van der Waals surface area contributed by atoms with Crippen LogP contribution >= 0.6 is 23.4 Å². The SMILES string of the molecule is Cc1ccc(Cl)c(OC2C[C@H]3CC[C@@H](C2)N3C(=O)c2ccc(CSc3ccccc3)cc2)c1. The number of benzene rings is 3. The van der Waals surface area contributed by atoms with Crippen LogP contribution in [-0.4, -0.2) is 29.0 Å². The van der Waals surface area contributed by atoms with Gasteiger partial charge >= 0.3 is 0 Å². The van der Waals surface area contributed by atoms with E-state index in [9.17, 15) is 4.79 Å². The molecule has 1 amide bonds. The van der Waals surface area contributed by atoms with E-state index in [4.69, 9.17) is 16.3 Å². The molecule has 170 valence electrons. The molecule has 2 fully saturated rings. The fourth-order valence-electron chi connectivity index (χ4n) is 5.01. The summed E-state index contributed by atoms with van der Waals surface area (Å²) in [7, 11) is 0. The van der Waals surface area contributed by atoms with Gasteiger partial charge in [0, 0.05) is 41.1 Å². The van der Waals surface area contributed by atoms with Gasteiger partial charge in [-0.05, 0) is 67.3 Å². The molecule has 2 saturated heterocycles. The van der Waals surface area contributed by atoms with Gasteiger partial charge in [-0.3, -0.25) is 4.79 Å². The van der Waals surface area contributed by atoms with Crippen molar-refractivity contribution >= 4 is 29.3 Å². The summed E-state index contributed by atoms with van der Waals surface area (Å²) in [5.41, 5.74) is 3.14. The average Bonchev–Trinajstić information content (AvgIpc) is 3.10. The maximum atomic E-state index is 13.4. The van der Waals surface area contributed by atoms with E-state index in [-0.39, 0.29) is 24.1 Å². The zero-order chi connectivity index (χ0) is 22.8. The Hall–Kier alpha value is -2.43. The molecule has 3 nitrogen and oxygen atoms in total. The Balaban J connectivity index is 1.21. The van der Waals surface area contributed by atoms with E-state index in [2.05, 4.69) is 41.3 Å². The first kappa shape index (κ1) is 22.4. The van der Waals surface area contributed by atoms with Crippen molar-refractivity contribution < 1.29 is 9.53 Å². The van der Waals surface area contributed by atoms with Crippen molar-refractivity contribution in [2.75, 3.05) is 0 Å². The number of ether oxygens (including phenoxy) is 1. The zero-order valence-corrected chi connectivity index (χ0v) is 20.3. The van der Waals surface area contributed by atoms with E-state index < -0.39 is 0 Å². The molecule has 3 atom stereocenters. The van der Waals surface area contributed by atoms with Crippen LogP contribution in [0.1, 0.15) is 47.2 Å². The molecule has 0 aliphatic carbocycles. The fourth-order valence-corrected chi connectivity index (χ4v) is 6.05. The monoisotopic (exact) mass is 477 g/mol. The minimum Gasteiger partial charge on any atom is -0.489 e. The summed E-state index contributed by atoms with van der Waals surface area (Å²) >= 11 is 8.15. The molecule has 3 aromatic rings. The third-order valence-electron chi connectivity index (χ3n) is 6.65. The Bertz CT molecular complexity index is 1100. The standard InChI is InChI=1S/C28H28ClNO2S/c1-19-7-14-26(29)27(15-19)32-24-16-22-12-13-23(17-24)30(22)28(31)21-10-8-20(9-11-21)18-33-25-5-3-2-4-6-25/h2-11,14-15,22-24H,12-13,16-18H2,1H3/t22-,23+,24?. The largest absolute Gasteiger partial charge is 0.489 e. The van der Waals surface area contributed by atoms with Crippen LogP contribution in [0.25, 0.3) is 0 Å². The molecule has 2 aliphatic heterocycles. The molecule has 2 bridgehead atoms. The molecule has 0 N–H and O–H groups in total. The van der Waals surface area contributed by atoms with Crippen LogP contribution in [0, 0.1) is 6.92 Å². The lowest BCUT2D eigenvalue weighted by molar-refractivity contribution is 0.0359. The number of aryl methyl sites for hydroxylation is 1. The smallest absolute Gasteiger partial charge is 0.254 e. The summed E-state index contributed by atoms with van der Waals surface area (Å²) in [6, 6.07) is 24.9. The summed E-state index contributed by atoms with van der Waals surface area (Å²) in [6.07, 6.45) is 3.91. The molecule has 2 heterocycles. The number of amides is 1. The van der Waals surface area contributed by atoms with Crippen LogP contribution in [0.15, 0.2) is 77.7 Å². The van der Waals surface area contributed by atoms with Gasteiger partial charge in [0.1, 0.15) is 11.9 Å².